The second-order valence-electron chi connectivity index (χ2n) is 8.60. The van der Waals surface area contributed by atoms with E-state index >= 15 is 0 Å². The molecule has 164 valence electrons. The molecule has 3 rings (SSSR count). The zero-order chi connectivity index (χ0) is 21.5. The Morgan fingerprint density at radius 1 is 1.27 bits per heavy atom. The van der Waals surface area contributed by atoms with E-state index < -0.39 is 0 Å². The van der Waals surface area contributed by atoms with Crippen LogP contribution < -0.4 is 10.6 Å². The Morgan fingerprint density at radius 2 is 2.07 bits per heavy atom. The summed E-state index contributed by atoms with van der Waals surface area (Å²) in [7, 11) is 0. The number of carbonyl (C=O) groups is 2. The van der Waals surface area contributed by atoms with Gasteiger partial charge in [0.2, 0.25) is 11.8 Å². The fraction of sp³-hybridized carbons (Fsp3) is 0.696. The Bertz CT molecular complexity index is 798. The van der Waals surface area contributed by atoms with Crippen LogP contribution in [0.3, 0.4) is 0 Å². The van der Waals surface area contributed by atoms with E-state index in [2.05, 4.69) is 21.6 Å². The minimum absolute atomic E-state index is 0.0430. The molecule has 1 saturated heterocycles. The topological polar surface area (TPSA) is 85.2 Å². The van der Waals surface area contributed by atoms with Gasteiger partial charge in [0.15, 0.2) is 0 Å². The van der Waals surface area contributed by atoms with Gasteiger partial charge in [0.25, 0.3) is 0 Å². The third-order valence-electron chi connectivity index (χ3n) is 6.31. The Morgan fingerprint density at radius 3 is 2.83 bits per heavy atom. The Hall–Kier alpha value is -1.91. The van der Waals surface area contributed by atoms with E-state index in [9.17, 15) is 14.9 Å². The van der Waals surface area contributed by atoms with Crippen LogP contribution in [-0.2, 0) is 22.4 Å². The third-order valence-corrected chi connectivity index (χ3v) is 7.52. The maximum absolute atomic E-state index is 13.0. The predicted octanol–water partition coefficient (Wildman–Crippen LogP) is 3.84. The van der Waals surface area contributed by atoms with Gasteiger partial charge in [0, 0.05) is 24.4 Å². The lowest BCUT2D eigenvalue weighted by atomic mass is 9.96. The molecule has 1 aliphatic carbocycles. The summed E-state index contributed by atoms with van der Waals surface area (Å²) in [5.41, 5.74) is 1.83. The Balaban J connectivity index is 1.59. The number of hydrogen-bond acceptors (Lipinski definition) is 5. The Kier molecular flexibility index (Phi) is 8.29. The highest BCUT2D eigenvalue weighted by Crippen LogP contribution is 2.37. The van der Waals surface area contributed by atoms with Crippen molar-refractivity contribution in [2.75, 3.05) is 25.0 Å². The number of hydrogen-bond donors (Lipinski definition) is 2. The first-order chi connectivity index (χ1) is 14.5. The molecular weight excluding hydrogens is 396 g/mol. The maximum atomic E-state index is 13.0. The number of nitriles is 1. The molecular formula is C23H34N4O2S. The summed E-state index contributed by atoms with van der Waals surface area (Å²) in [6, 6.07) is 2.09. The smallest absolute Gasteiger partial charge is 0.242 e. The summed E-state index contributed by atoms with van der Waals surface area (Å²) in [5.74, 6) is 0.447. The van der Waals surface area contributed by atoms with Crippen LogP contribution in [0.4, 0.5) is 5.00 Å². The minimum atomic E-state index is -0.257. The van der Waals surface area contributed by atoms with Crippen molar-refractivity contribution in [2.45, 2.75) is 77.7 Å². The molecule has 2 aliphatic rings. The normalized spacial score (nSPS) is 20.5. The Labute approximate surface area is 184 Å². The molecule has 1 aromatic rings. The molecule has 0 saturated carbocycles. The molecule has 6 nitrogen and oxygen atoms in total. The average molecular weight is 431 g/mol. The molecule has 0 spiro atoms. The lowest BCUT2D eigenvalue weighted by molar-refractivity contribution is -0.123. The molecule has 1 aromatic heterocycles. The quantitative estimate of drug-likeness (QED) is 0.644. The van der Waals surface area contributed by atoms with Gasteiger partial charge in [0.05, 0.1) is 11.6 Å². The molecule has 2 atom stereocenters. The monoisotopic (exact) mass is 430 g/mol. The van der Waals surface area contributed by atoms with Crippen molar-refractivity contribution in [2.24, 2.45) is 5.92 Å². The van der Waals surface area contributed by atoms with Crippen LogP contribution in [0.15, 0.2) is 0 Å². The van der Waals surface area contributed by atoms with Crippen molar-refractivity contribution in [3.63, 3.8) is 0 Å². The summed E-state index contributed by atoms with van der Waals surface area (Å²) in [6.07, 6.45) is 8.97. The second kappa shape index (κ2) is 10.9. The van der Waals surface area contributed by atoms with Gasteiger partial charge in [-0.1, -0.05) is 13.3 Å². The van der Waals surface area contributed by atoms with Crippen LogP contribution in [0.1, 0.15) is 74.8 Å². The van der Waals surface area contributed by atoms with Crippen LogP contribution in [0.25, 0.3) is 0 Å². The molecule has 0 aromatic carbocycles. The van der Waals surface area contributed by atoms with Crippen molar-refractivity contribution in [1.82, 2.24) is 10.2 Å². The number of likely N-dealkylation sites (tertiary alicyclic amines) is 1. The number of piperidine rings is 1. The minimum Gasteiger partial charge on any atom is -0.356 e. The van der Waals surface area contributed by atoms with Gasteiger partial charge in [-0.25, -0.2) is 0 Å². The van der Waals surface area contributed by atoms with E-state index in [1.54, 1.807) is 11.3 Å². The first kappa shape index (κ1) is 22.8. The standard InChI is InChI=1S/C23H34N4O2S/c1-3-8-21(28)25-14-17-9-7-12-27(15-17)16(2)22(29)26-23-19(13-24)18-10-5-4-6-11-20(18)30-23/h16-17H,3-12,14-15H2,1-2H3,(H,25,28)(H,26,29). The number of carbonyl (C=O) groups excluding carboxylic acids is 2. The van der Waals surface area contributed by atoms with Crippen molar-refractivity contribution in [1.29, 1.82) is 5.26 Å². The number of thiophene rings is 1. The third kappa shape index (κ3) is 5.61. The first-order valence-electron chi connectivity index (χ1n) is 11.4. The van der Waals surface area contributed by atoms with Crippen LogP contribution >= 0.6 is 11.3 Å². The zero-order valence-corrected chi connectivity index (χ0v) is 19.1. The van der Waals surface area contributed by atoms with E-state index in [-0.39, 0.29) is 17.9 Å². The highest BCUT2D eigenvalue weighted by atomic mass is 32.1. The highest BCUT2D eigenvalue weighted by molar-refractivity contribution is 7.16. The van der Waals surface area contributed by atoms with E-state index in [0.717, 1.165) is 68.6 Å². The van der Waals surface area contributed by atoms with Gasteiger partial charge in [-0.2, -0.15) is 5.26 Å². The molecule has 2 N–H and O–H groups in total. The number of aryl methyl sites for hydroxylation is 1. The molecule has 1 fully saturated rings. The highest BCUT2D eigenvalue weighted by Gasteiger charge is 2.29. The zero-order valence-electron chi connectivity index (χ0n) is 18.3. The average Bonchev–Trinajstić information content (AvgIpc) is 2.91. The van der Waals surface area contributed by atoms with Gasteiger partial charge in [-0.05, 0) is 69.9 Å². The summed E-state index contributed by atoms with van der Waals surface area (Å²) in [5, 5.41) is 16.5. The summed E-state index contributed by atoms with van der Waals surface area (Å²) in [4.78, 5) is 28.2. The van der Waals surface area contributed by atoms with Crippen LogP contribution in [0.5, 0.6) is 0 Å². The predicted molar refractivity (Wildman–Crippen MR) is 121 cm³/mol. The van der Waals surface area contributed by atoms with Crippen molar-refractivity contribution in [3.05, 3.63) is 16.0 Å². The summed E-state index contributed by atoms with van der Waals surface area (Å²) < 4.78 is 0. The molecule has 2 heterocycles. The van der Waals surface area contributed by atoms with Crippen molar-refractivity contribution >= 4 is 28.2 Å². The van der Waals surface area contributed by atoms with Crippen LogP contribution in [0.2, 0.25) is 0 Å². The maximum Gasteiger partial charge on any atom is 0.242 e. The lowest BCUT2D eigenvalue weighted by Gasteiger charge is -2.36. The van der Waals surface area contributed by atoms with Crippen molar-refractivity contribution < 1.29 is 9.59 Å². The molecule has 1 aliphatic heterocycles. The number of fused-ring (bicyclic) bond motifs is 1. The van der Waals surface area contributed by atoms with E-state index in [1.807, 2.05) is 13.8 Å². The SMILES string of the molecule is CCCC(=O)NCC1CCCN(C(C)C(=O)Nc2sc3c(c2C#N)CCCCC3)C1. The van der Waals surface area contributed by atoms with Gasteiger partial charge >= 0.3 is 0 Å². The fourth-order valence-corrected chi connectivity index (χ4v) is 5.76. The molecule has 7 heteroatoms. The van der Waals surface area contributed by atoms with E-state index in [4.69, 9.17) is 0 Å². The largest absolute Gasteiger partial charge is 0.356 e. The lowest BCUT2D eigenvalue weighted by Crippen LogP contribution is -2.48. The molecule has 0 radical (unpaired) electrons. The second-order valence-corrected chi connectivity index (χ2v) is 9.71. The van der Waals surface area contributed by atoms with Crippen LogP contribution in [0, 0.1) is 17.2 Å². The number of nitrogens with one attached hydrogen (secondary N) is 2. The molecule has 2 unspecified atom stereocenters. The number of anilines is 1. The molecule has 30 heavy (non-hydrogen) atoms. The van der Waals surface area contributed by atoms with Gasteiger partial charge in [-0.15, -0.1) is 11.3 Å². The van der Waals surface area contributed by atoms with Gasteiger partial charge < -0.3 is 10.6 Å². The summed E-state index contributed by atoms with van der Waals surface area (Å²) >= 11 is 1.59. The van der Waals surface area contributed by atoms with Gasteiger partial charge in [0.1, 0.15) is 11.1 Å². The number of nitrogens with zero attached hydrogens (tertiary/aromatic N) is 2. The van der Waals surface area contributed by atoms with E-state index in [0.29, 0.717) is 24.4 Å². The first-order valence-corrected chi connectivity index (χ1v) is 12.2. The summed E-state index contributed by atoms with van der Waals surface area (Å²) in [6.45, 7) is 6.33. The number of rotatable bonds is 7. The molecule has 2 amide bonds. The molecule has 0 bridgehead atoms. The van der Waals surface area contributed by atoms with E-state index in [1.165, 1.54) is 11.3 Å². The van der Waals surface area contributed by atoms with Crippen molar-refractivity contribution in [3.8, 4) is 6.07 Å². The van der Waals surface area contributed by atoms with Gasteiger partial charge in [-0.3, -0.25) is 14.5 Å². The number of amides is 2. The van der Waals surface area contributed by atoms with Crippen LogP contribution in [-0.4, -0.2) is 42.4 Å². The fourth-order valence-electron chi connectivity index (χ4n) is 4.52.